The molecule has 82 valence electrons. The Labute approximate surface area is 94.1 Å². The summed E-state index contributed by atoms with van der Waals surface area (Å²) in [6, 6.07) is 5.24. The van der Waals surface area contributed by atoms with Crippen LogP contribution in [0.15, 0.2) is 12.1 Å². The van der Waals surface area contributed by atoms with Crippen molar-refractivity contribution in [3.05, 3.63) is 34.6 Å². The van der Waals surface area contributed by atoms with Gasteiger partial charge < -0.3 is 5.32 Å². The minimum atomic E-state index is -0.370. The molecular formula is C13H13FN2. The molecule has 1 N–H and O–H groups in total. The SMILES string of the molecule is N#Cc1cc2c(cc1F)C1CNCC(C2)C1. The summed E-state index contributed by atoms with van der Waals surface area (Å²) in [5.74, 6) is 0.721. The fourth-order valence-corrected chi connectivity index (χ4v) is 3.01. The summed E-state index contributed by atoms with van der Waals surface area (Å²) < 4.78 is 13.6. The van der Waals surface area contributed by atoms with Crippen LogP contribution in [-0.4, -0.2) is 13.1 Å². The second-order valence-electron chi connectivity index (χ2n) is 4.80. The molecule has 1 fully saturated rings. The van der Waals surface area contributed by atoms with Gasteiger partial charge in [-0.2, -0.15) is 5.26 Å². The summed E-state index contributed by atoms with van der Waals surface area (Å²) in [5.41, 5.74) is 2.48. The molecule has 2 nitrogen and oxygen atoms in total. The number of nitrogens with zero attached hydrogens (tertiary/aromatic N) is 1. The van der Waals surface area contributed by atoms with Gasteiger partial charge >= 0.3 is 0 Å². The summed E-state index contributed by atoms with van der Waals surface area (Å²) in [7, 11) is 0. The minimum Gasteiger partial charge on any atom is -0.316 e. The van der Waals surface area contributed by atoms with E-state index in [-0.39, 0.29) is 11.4 Å². The normalized spacial score (nSPS) is 27.0. The molecular weight excluding hydrogens is 203 g/mol. The number of piperidine rings is 1. The summed E-state index contributed by atoms with van der Waals surface area (Å²) in [4.78, 5) is 0. The maximum Gasteiger partial charge on any atom is 0.141 e. The molecule has 1 aliphatic carbocycles. The van der Waals surface area contributed by atoms with Crippen LogP contribution in [-0.2, 0) is 6.42 Å². The van der Waals surface area contributed by atoms with Crippen molar-refractivity contribution in [3.8, 4) is 6.07 Å². The van der Waals surface area contributed by atoms with Crippen molar-refractivity contribution in [3.63, 3.8) is 0 Å². The molecule has 0 radical (unpaired) electrons. The molecule has 1 aromatic carbocycles. The molecule has 0 spiro atoms. The fraction of sp³-hybridized carbons (Fsp3) is 0.462. The fourth-order valence-electron chi connectivity index (χ4n) is 3.01. The highest BCUT2D eigenvalue weighted by molar-refractivity contribution is 5.43. The predicted molar refractivity (Wildman–Crippen MR) is 58.5 cm³/mol. The summed E-state index contributed by atoms with van der Waals surface area (Å²) >= 11 is 0. The average molecular weight is 216 g/mol. The summed E-state index contributed by atoms with van der Waals surface area (Å²) in [6.45, 7) is 1.99. The molecule has 1 heterocycles. The number of hydrogen-bond acceptors (Lipinski definition) is 2. The van der Waals surface area contributed by atoms with E-state index in [1.807, 2.05) is 6.07 Å². The third-order valence-electron chi connectivity index (χ3n) is 3.74. The van der Waals surface area contributed by atoms with Gasteiger partial charge in [-0.15, -0.1) is 0 Å². The molecule has 2 aliphatic rings. The van der Waals surface area contributed by atoms with Gasteiger partial charge in [0.25, 0.3) is 0 Å². The van der Waals surface area contributed by atoms with Gasteiger partial charge in [-0.05, 0) is 54.5 Å². The predicted octanol–water partition coefficient (Wildman–Crippen LogP) is 1.95. The molecule has 2 unspecified atom stereocenters. The third-order valence-corrected chi connectivity index (χ3v) is 3.74. The van der Waals surface area contributed by atoms with Gasteiger partial charge in [-0.3, -0.25) is 0 Å². The second kappa shape index (κ2) is 3.57. The molecule has 2 bridgehead atoms. The van der Waals surface area contributed by atoms with Crippen LogP contribution in [0.25, 0.3) is 0 Å². The number of fused-ring (bicyclic) bond motifs is 4. The summed E-state index contributed by atoms with van der Waals surface area (Å²) in [5, 5.41) is 12.2. The van der Waals surface area contributed by atoms with Crippen LogP contribution in [0.2, 0.25) is 0 Å². The molecule has 1 aliphatic heterocycles. The highest BCUT2D eigenvalue weighted by atomic mass is 19.1. The number of hydrogen-bond donors (Lipinski definition) is 1. The lowest BCUT2D eigenvalue weighted by Crippen LogP contribution is -2.39. The smallest absolute Gasteiger partial charge is 0.141 e. The zero-order chi connectivity index (χ0) is 11.1. The van der Waals surface area contributed by atoms with Crippen LogP contribution in [0.5, 0.6) is 0 Å². The molecule has 2 atom stereocenters. The number of nitrogens with one attached hydrogen (secondary N) is 1. The van der Waals surface area contributed by atoms with Gasteiger partial charge in [0.1, 0.15) is 11.9 Å². The largest absolute Gasteiger partial charge is 0.316 e. The van der Waals surface area contributed by atoms with E-state index in [4.69, 9.17) is 5.26 Å². The molecule has 0 saturated carbocycles. The van der Waals surface area contributed by atoms with Crippen LogP contribution in [0.3, 0.4) is 0 Å². The molecule has 3 rings (SSSR count). The van der Waals surface area contributed by atoms with E-state index in [0.717, 1.165) is 31.5 Å². The van der Waals surface area contributed by atoms with E-state index in [2.05, 4.69) is 5.32 Å². The van der Waals surface area contributed by atoms with Crippen molar-refractivity contribution in [1.29, 1.82) is 5.26 Å². The van der Waals surface area contributed by atoms with Gasteiger partial charge in [0, 0.05) is 6.54 Å². The Kier molecular flexibility index (Phi) is 2.19. The van der Waals surface area contributed by atoms with Crippen LogP contribution in [0.1, 0.15) is 29.0 Å². The van der Waals surface area contributed by atoms with Crippen molar-refractivity contribution >= 4 is 0 Å². The number of halogens is 1. The maximum absolute atomic E-state index is 13.6. The standard InChI is InChI=1S/C13H13FN2/c14-13-4-12-9(3-10(13)5-15)1-8-2-11(12)7-16-6-8/h3-4,8,11,16H,1-2,6-7H2. The van der Waals surface area contributed by atoms with Gasteiger partial charge in [-0.1, -0.05) is 0 Å². The first-order valence-electron chi connectivity index (χ1n) is 5.71. The number of benzene rings is 1. The van der Waals surface area contributed by atoms with E-state index in [0.29, 0.717) is 11.8 Å². The lowest BCUT2D eigenvalue weighted by Gasteiger charge is -2.36. The van der Waals surface area contributed by atoms with Crippen LogP contribution in [0, 0.1) is 23.1 Å². The Morgan fingerprint density at radius 2 is 2.25 bits per heavy atom. The quantitative estimate of drug-likeness (QED) is 0.719. The Morgan fingerprint density at radius 1 is 1.38 bits per heavy atom. The lowest BCUT2D eigenvalue weighted by atomic mass is 9.74. The molecule has 1 aromatic rings. The number of nitriles is 1. The third kappa shape index (κ3) is 1.42. The molecule has 0 amide bonds. The first-order chi connectivity index (χ1) is 7.78. The first kappa shape index (κ1) is 9.80. The average Bonchev–Trinajstić information content (AvgIpc) is 2.30. The van der Waals surface area contributed by atoms with Crippen molar-refractivity contribution < 1.29 is 4.39 Å². The molecule has 16 heavy (non-hydrogen) atoms. The highest BCUT2D eigenvalue weighted by Crippen LogP contribution is 2.37. The topological polar surface area (TPSA) is 35.8 Å². The van der Waals surface area contributed by atoms with Crippen LogP contribution >= 0.6 is 0 Å². The van der Waals surface area contributed by atoms with E-state index < -0.39 is 0 Å². The second-order valence-corrected chi connectivity index (χ2v) is 4.80. The van der Waals surface area contributed by atoms with Crippen molar-refractivity contribution in [2.75, 3.05) is 13.1 Å². The van der Waals surface area contributed by atoms with Crippen LogP contribution < -0.4 is 5.32 Å². The Bertz CT molecular complexity index is 476. The van der Waals surface area contributed by atoms with Gasteiger partial charge in [0.2, 0.25) is 0 Å². The van der Waals surface area contributed by atoms with E-state index >= 15 is 0 Å². The monoisotopic (exact) mass is 216 g/mol. The minimum absolute atomic E-state index is 0.187. The molecule has 0 aromatic heterocycles. The maximum atomic E-state index is 13.6. The van der Waals surface area contributed by atoms with E-state index in [9.17, 15) is 4.39 Å². The molecule has 3 heteroatoms. The van der Waals surface area contributed by atoms with Crippen molar-refractivity contribution in [1.82, 2.24) is 5.32 Å². The van der Waals surface area contributed by atoms with Crippen molar-refractivity contribution in [2.45, 2.75) is 18.8 Å². The summed E-state index contributed by atoms with van der Waals surface area (Å²) in [6.07, 6.45) is 2.14. The Morgan fingerprint density at radius 3 is 3.06 bits per heavy atom. The van der Waals surface area contributed by atoms with E-state index in [1.165, 1.54) is 5.56 Å². The van der Waals surface area contributed by atoms with Gasteiger partial charge in [0.05, 0.1) is 5.56 Å². The zero-order valence-corrected chi connectivity index (χ0v) is 8.96. The van der Waals surface area contributed by atoms with Crippen LogP contribution in [0.4, 0.5) is 4.39 Å². The van der Waals surface area contributed by atoms with Gasteiger partial charge in [-0.25, -0.2) is 4.39 Å². The molecule has 1 saturated heterocycles. The van der Waals surface area contributed by atoms with E-state index in [1.54, 1.807) is 12.1 Å². The number of rotatable bonds is 0. The Balaban J connectivity index is 2.10. The lowest BCUT2D eigenvalue weighted by molar-refractivity contribution is 0.317. The van der Waals surface area contributed by atoms with Crippen molar-refractivity contribution in [2.24, 2.45) is 5.92 Å². The first-order valence-corrected chi connectivity index (χ1v) is 5.71. The van der Waals surface area contributed by atoms with Gasteiger partial charge in [0.15, 0.2) is 0 Å². The zero-order valence-electron chi connectivity index (χ0n) is 8.96. The Hall–Kier alpha value is -1.40. The highest BCUT2D eigenvalue weighted by Gasteiger charge is 2.30.